The van der Waals surface area contributed by atoms with Crippen LogP contribution >= 0.6 is 11.8 Å². The van der Waals surface area contributed by atoms with Crippen LogP contribution in [0.1, 0.15) is 12.0 Å². The van der Waals surface area contributed by atoms with E-state index in [1.165, 1.54) is 23.9 Å². The number of amidine groups is 1. The SMILES string of the molecule is O=C(C[C@H]1SC(=Nc2ccc(F)cc2)N(Cc2ccccc2)C1=O)Nc1ccccc1. The number of hydrogen-bond acceptors (Lipinski definition) is 4. The van der Waals surface area contributed by atoms with E-state index in [9.17, 15) is 14.0 Å². The molecule has 1 heterocycles. The Balaban J connectivity index is 1.54. The molecule has 1 aliphatic rings. The molecule has 31 heavy (non-hydrogen) atoms. The van der Waals surface area contributed by atoms with Gasteiger partial charge >= 0.3 is 0 Å². The van der Waals surface area contributed by atoms with Crippen molar-refractivity contribution in [2.24, 2.45) is 4.99 Å². The molecule has 156 valence electrons. The zero-order valence-electron chi connectivity index (χ0n) is 16.6. The van der Waals surface area contributed by atoms with Crippen LogP contribution in [0.15, 0.2) is 89.9 Å². The summed E-state index contributed by atoms with van der Waals surface area (Å²) < 4.78 is 13.2. The molecule has 5 nitrogen and oxygen atoms in total. The van der Waals surface area contributed by atoms with Crippen molar-refractivity contribution < 1.29 is 14.0 Å². The maximum Gasteiger partial charge on any atom is 0.242 e. The van der Waals surface area contributed by atoms with Gasteiger partial charge in [0, 0.05) is 12.1 Å². The second-order valence-electron chi connectivity index (χ2n) is 7.01. The molecule has 7 heteroatoms. The summed E-state index contributed by atoms with van der Waals surface area (Å²) in [4.78, 5) is 31.8. The van der Waals surface area contributed by atoms with Crippen molar-refractivity contribution in [1.82, 2.24) is 4.90 Å². The van der Waals surface area contributed by atoms with Gasteiger partial charge in [0.15, 0.2) is 5.17 Å². The first kappa shape index (κ1) is 20.8. The van der Waals surface area contributed by atoms with E-state index in [-0.39, 0.29) is 24.1 Å². The summed E-state index contributed by atoms with van der Waals surface area (Å²) >= 11 is 1.26. The molecule has 0 bridgehead atoms. The van der Waals surface area contributed by atoms with Crippen molar-refractivity contribution in [3.05, 3.63) is 96.3 Å². The Labute approximate surface area is 184 Å². The largest absolute Gasteiger partial charge is 0.326 e. The van der Waals surface area contributed by atoms with Gasteiger partial charge in [-0.3, -0.25) is 14.5 Å². The minimum Gasteiger partial charge on any atom is -0.326 e. The van der Waals surface area contributed by atoms with Crippen molar-refractivity contribution in [3.63, 3.8) is 0 Å². The van der Waals surface area contributed by atoms with Gasteiger partial charge in [0.05, 0.1) is 12.2 Å². The number of hydrogen-bond donors (Lipinski definition) is 1. The quantitative estimate of drug-likeness (QED) is 0.596. The lowest BCUT2D eigenvalue weighted by molar-refractivity contribution is -0.128. The molecule has 0 spiro atoms. The first-order valence-electron chi connectivity index (χ1n) is 9.79. The molecule has 3 aromatic rings. The van der Waals surface area contributed by atoms with Crippen LogP contribution in [0.4, 0.5) is 15.8 Å². The molecule has 0 radical (unpaired) electrons. The topological polar surface area (TPSA) is 61.8 Å². The number of aliphatic imine (C=N–C) groups is 1. The summed E-state index contributed by atoms with van der Waals surface area (Å²) in [5.74, 6) is -0.756. The van der Waals surface area contributed by atoms with Crippen LogP contribution in [-0.4, -0.2) is 27.1 Å². The maximum atomic E-state index is 13.2. The third-order valence-corrected chi connectivity index (χ3v) is 5.86. The lowest BCUT2D eigenvalue weighted by Crippen LogP contribution is -2.33. The lowest BCUT2D eigenvalue weighted by Gasteiger charge is -2.16. The van der Waals surface area contributed by atoms with E-state index >= 15 is 0 Å². The second-order valence-corrected chi connectivity index (χ2v) is 8.18. The number of anilines is 1. The molecule has 1 atom stereocenters. The number of carbonyl (C=O) groups excluding carboxylic acids is 2. The number of carbonyl (C=O) groups is 2. The maximum absolute atomic E-state index is 13.2. The summed E-state index contributed by atoms with van der Waals surface area (Å²) in [7, 11) is 0. The average molecular weight is 434 g/mol. The van der Waals surface area contributed by atoms with Crippen LogP contribution < -0.4 is 5.32 Å². The molecular formula is C24H20FN3O2S. The Hall–Kier alpha value is -3.45. The van der Waals surface area contributed by atoms with Crippen LogP contribution in [0, 0.1) is 5.82 Å². The van der Waals surface area contributed by atoms with Crippen LogP contribution in [0.3, 0.4) is 0 Å². The third kappa shape index (κ3) is 5.38. The highest BCUT2D eigenvalue weighted by Gasteiger charge is 2.39. The minimum absolute atomic E-state index is 0.0339. The predicted octanol–water partition coefficient (Wildman–Crippen LogP) is 4.99. The highest BCUT2D eigenvalue weighted by Crippen LogP contribution is 2.33. The van der Waals surface area contributed by atoms with Gasteiger partial charge in [-0.1, -0.05) is 60.3 Å². The fourth-order valence-corrected chi connectivity index (χ4v) is 4.32. The first-order valence-corrected chi connectivity index (χ1v) is 10.7. The number of halogens is 1. The fraction of sp³-hybridized carbons (Fsp3) is 0.125. The van der Waals surface area contributed by atoms with Crippen LogP contribution in [0.2, 0.25) is 0 Å². The van der Waals surface area contributed by atoms with Gasteiger partial charge in [0.2, 0.25) is 11.8 Å². The zero-order chi connectivity index (χ0) is 21.6. The summed E-state index contributed by atoms with van der Waals surface area (Å²) in [5.41, 5.74) is 2.19. The van der Waals surface area contributed by atoms with Crippen LogP contribution in [0.5, 0.6) is 0 Å². The summed E-state index contributed by atoms with van der Waals surface area (Å²) in [6, 6.07) is 24.5. The zero-order valence-corrected chi connectivity index (χ0v) is 17.4. The molecule has 0 aliphatic carbocycles. The van der Waals surface area contributed by atoms with Gasteiger partial charge in [-0.25, -0.2) is 9.38 Å². The monoisotopic (exact) mass is 433 g/mol. The number of para-hydroxylation sites is 1. The Morgan fingerprint density at radius 2 is 1.61 bits per heavy atom. The van der Waals surface area contributed by atoms with Crippen molar-refractivity contribution >= 4 is 40.1 Å². The molecule has 4 rings (SSSR count). The Bertz CT molecular complexity index is 1090. The van der Waals surface area contributed by atoms with Gasteiger partial charge in [-0.05, 0) is 42.0 Å². The molecule has 1 aliphatic heterocycles. The Morgan fingerprint density at radius 1 is 0.968 bits per heavy atom. The number of rotatable bonds is 6. The molecule has 1 saturated heterocycles. The van der Waals surface area contributed by atoms with Crippen LogP contribution in [-0.2, 0) is 16.1 Å². The molecule has 0 aromatic heterocycles. The number of nitrogens with zero attached hydrogens (tertiary/aromatic N) is 2. The Kier molecular flexibility index (Phi) is 6.43. The minimum atomic E-state index is -0.577. The number of thioether (sulfide) groups is 1. The van der Waals surface area contributed by atoms with E-state index < -0.39 is 5.25 Å². The predicted molar refractivity (Wildman–Crippen MR) is 122 cm³/mol. The summed E-state index contributed by atoms with van der Waals surface area (Å²) in [6.07, 6.45) is 0.0339. The summed E-state index contributed by atoms with van der Waals surface area (Å²) in [5, 5.41) is 2.74. The fourth-order valence-electron chi connectivity index (χ4n) is 3.16. The van der Waals surface area contributed by atoms with E-state index in [4.69, 9.17) is 0 Å². The molecule has 1 N–H and O–H groups in total. The molecular weight excluding hydrogens is 413 g/mol. The smallest absolute Gasteiger partial charge is 0.242 e. The number of nitrogens with one attached hydrogen (secondary N) is 1. The third-order valence-electron chi connectivity index (χ3n) is 4.68. The highest BCUT2D eigenvalue weighted by atomic mass is 32.2. The van der Waals surface area contributed by atoms with Gasteiger partial charge in [-0.2, -0.15) is 0 Å². The van der Waals surface area contributed by atoms with E-state index in [0.29, 0.717) is 23.1 Å². The van der Waals surface area contributed by atoms with E-state index in [1.807, 2.05) is 48.5 Å². The van der Waals surface area contributed by atoms with Crippen molar-refractivity contribution in [2.75, 3.05) is 5.32 Å². The standard InChI is InChI=1S/C24H20FN3O2S/c25-18-11-13-20(14-12-18)27-24-28(16-17-7-3-1-4-8-17)23(30)21(31-24)15-22(29)26-19-9-5-2-6-10-19/h1-14,21H,15-16H2,(H,26,29)/t21-/m1/s1. The van der Waals surface area contributed by atoms with Gasteiger partial charge in [0.25, 0.3) is 0 Å². The normalized spacial score (nSPS) is 17.2. The van der Waals surface area contributed by atoms with Gasteiger partial charge in [0.1, 0.15) is 11.1 Å². The molecule has 1 fully saturated rings. The molecule has 0 unspecified atom stereocenters. The van der Waals surface area contributed by atoms with Crippen molar-refractivity contribution in [2.45, 2.75) is 18.2 Å². The van der Waals surface area contributed by atoms with Crippen molar-refractivity contribution in [3.8, 4) is 0 Å². The lowest BCUT2D eigenvalue weighted by atomic mass is 10.2. The van der Waals surface area contributed by atoms with E-state index in [2.05, 4.69) is 10.3 Å². The Morgan fingerprint density at radius 3 is 2.29 bits per heavy atom. The van der Waals surface area contributed by atoms with E-state index in [1.54, 1.807) is 29.2 Å². The molecule has 0 saturated carbocycles. The first-order chi connectivity index (χ1) is 15.1. The van der Waals surface area contributed by atoms with Crippen LogP contribution in [0.25, 0.3) is 0 Å². The molecule has 3 aromatic carbocycles. The summed E-state index contributed by atoms with van der Waals surface area (Å²) in [6.45, 7) is 0.351. The van der Waals surface area contributed by atoms with Gasteiger partial charge < -0.3 is 5.32 Å². The molecule has 2 amide bonds. The van der Waals surface area contributed by atoms with Gasteiger partial charge in [-0.15, -0.1) is 0 Å². The second kappa shape index (κ2) is 9.57. The number of benzene rings is 3. The highest BCUT2D eigenvalue weighted by molar-refractivity contribution is 8.15. The van der Waals surface area contributed by atoms with Crippen molar-refractivity contribution in [1.29, 1.82) is 0 Å². The average Bonchev–Trinajstić information content (AvgIpc) is 3.05. The van der Waals surface area contributed by atoms with E-state index in [0.717, 1.165) is 5.56 Å². The number of amides is 2.